The van der Waals surface area contributed by atoms with Gasteiger partial charge in [-0.3, -0.25) is 0 Å². The van der Waals surface area contributed by atoms with Crippen molar-refractivity contribution in [3.8, 4) is 0 Å². The van der Waals surface area contributed by atoms with Crippen molar-refractivity contribution in [1.29, 1.82) is 0 Å². The maximum absolute atomic E-state index is 11.8. The van der Waals surface area contributed by atoms with Gasteiger partial charge in [0.05, 0.1) is 6.61 Å². The van der Waals surface area contributed by atoms with Gasteiger partial charge in [-0.15, -0.1) is 0 Å². The van der Waals surface area contributed by atoms with Crippen LogP contribution in [-0.4, -0.2) is 40.6 Å². The molecule has 2 atom stereocenters. The molecule has 0 radical (unpaired) electrons. The molecule has 0 saturated heterocycles. The molecule has 0 aromatic heterocycles. The molecular formula is C17H28O6. The fourth-order valence-corrected chi connectivity index (χ4v) is 1.83. The van der Waals surface area contributed by atoms with Gasteiger partial charge in [0.25, 0.3) is 5.79 Å². The number of aliphatic hydroxyl groups is 2. The van der Waals surface area contributed by atoms with E-state index in [0.29, 0.717) is 6.42 Å². The zero-order valence-corrected chi connectivity index (χ0v) is 14.3. The van der Waals surface area contributed by atoms with Crippen LogP contribution in [0.5, 0.6) is 0 Å². The normalized spacial score (nSPS) is 14.5. The van der Waals surface area contributed by atoms with Gasteiger partial charge in [0.1, 0.15) is 0 Å². The van der Waals surface area contributed by atoms with E-state index in [2.05, 4.69) is 13.2 Å². The highest BCUT2D eigenvalue weighted by Gasteiger charge is 2.43. The van der Waals surface area contributed by atoms with Gasteiger partial charge < -0.3 is 19.7 Å². The molecule has 0 aliphatic heterocycles. The van der Waals surface area contributed by atoms with Crippen molar-refractivity contribution in [2.24, 2.45) is 0 Å². The zero-order valence-electron chi connectivity index (χ0n) is 14.3. The van der Waals surface area contributed by atoms with E-state index in [9.17, 15) is 19.8 Å². The number of unbranched alkanes of at least 4 members (excludes halogenated alkanes) is 3. The second-order valence-corrected chi connectivity index (χ2v) is 5.68. The smallest absolute Gasteiger partial charge is 0.335 e. The van der Waals surface area contributed by atoms with Crippen LogP contribution in [0.15, 0.2) is 24.3 Å². The van der Waals surface area contributed by atoms with E-state index in [-0.39, 0.29) is 17.6 Å². The van der Waals surface area contributed by atoms with E-state index in [1.165, 1.54) is 13.8 Å². The Hall–Kier alpha value is -1.66. The molecule has 6 heteroatoms. The maximum atomic E-state index is 11.8. The van der Waals surface area contributed by atoms with Crippen LogP contribution < -0.4 is 0 Å². The van der Waals surface area contributed by atoms with Gasteiger partial charge in [0, 0.05) is 17.6 Å². The molecule has 0 saturated carbocycles. The van der Waals surface area contributed by atoms with E-state index in [1.807, 2.05) is 6.92 Å². The summed E-state index contributed by atoms with van der Waals surface area (Å²) in [4.78, 5) is 23.4. The number of aliphatic hydroxyl groups excluding tert-OH is 1. The van der Waals surface area contributed by atoms with E-state index in [4.69, 9.17) is 9.47 Å². The molecule has 0 spiro atoms. The molecule has 132 valence electrons. The minimum absolute atomic E-state index is 0.0424. The highest BCUT2D eigenvalue weighted by Crippen LogP contribution is 2.25. The second-order valence-electron chi connectivity index (χ2n) is 5.68. The Morgan fingerprint density at radius 2 is 1.65 bits per heavy atom. The van der Waals surface area contributed by atoms with Crippen LogP contribution in [0.4, 0.5) is 0 Å². The Balaban J connectivity index is 5.17. The number of carbonyl (C=O) groups is 2. The van der Waals surface area contributed by atoms with Gasteiger partial charge in [0.2, 0.25) is 0 Å². The van der Waals surface area contributed by atoms with Crippen LogP contribution >= 0.6 is 0 Å². The van der Waals surface area contributed by atoms with Crippen LogP contribution in [0, 0.1) is 0 Å². The molecule has 2 N–H and O–H groups in total. The fourth-order valence-electron chi connectivity index (χ4n) is 1.83. The van der Waals surface area contributed by atoms with E-state index in [0.717, 1.165) is 19.3 Å². The van der Waals surface area contributed by atoms with Gasteiger partial charge in [-0.25, -0.2) is 9.59 Å². The Kier molecular flexibility index (Phi) is 9.44. The lowest BCUT2D eigenvalue weighted by molar-refractivity contribution is -0.259. The van der Waals surface area contributed by atoms with Crippen LogP contribution in [0.25, 0.3) is 0 Å². The van der Waals surface area contributed by atoms with Crippen LogP contribution in [0.2, 0.25) is 0 Å². The van der Waals surface area contributed by atoms with Gasteiger partial charge in [0.15, 0.2) is 6.10 Å². The Morgan fingerprint density at radius 3 is 2.09 bits per heavy atom. The van der Waals surface area contributed by atoms with Crippen LogP contribution in [0.1, 0.15) is 52.9 Å². The summed E-state index contributed by atoms with van der Waals surface area (Å²) in [5, 5.41) is 20.1. The molecule has 0 aromatic rings. The molecule has 0 aliphatic carbocycles. The van der Waals surface area contributed by atoms with Crippen LogP contribution in [0.3, 0.4) is 0 Å². The molecule has 0 fully saturated rings. The van der Waals surface area contributed by atoms with Gasteiger partial charge in [-0.2, -0.15) is 0 Å². The number of hydrogen-bond donors (Lipinski definition) is 2. The third-order valence-electron chi connectivity index (χ3n) is 3.27. The van der Waals surface area contributed by atoms with Crippen molar-refractivity contribution in [1.82, 2.24) is 0 Å². The predicted molar refractivity (Wildman–Crippen MR) is 86.4 cm³/mol. The third kappa shape index (κ3) is 7.43. The van der Waals surface area contributed by atoms with Gasteiger partial charge >= 0.3 is 11.9 Å². The van der Waals surface area contributed by atoms with Crippen molar-refractivity contribution in [3.63, 3.8) is 0 Å². The molecule has 0 bridgehead atoms. The SMILES string of the molecule is C=C(C)C(=O)OC(CO)C(O)(CCCCCC)OC(=O)C(=C)C. The largest absolute Gasteiger partial charge is 0.450 e. The Bertz CT molecular complexity index is 442. The Morgan fingerprint density at radius 1 is 1.09 bits per heavy atom. The highest BCUT2D eigenvalue weighted by atomic mass is 16.7. The van der Waals surface area contributed by atoms with Crippen molar-refractivity contribution in [2.45, 2.75) is 64.8 Å². The van der Waals surface area contributed by atoms with Crippen molar-refractivity contribution in [3.05, 3.63) is 24.3 Å². The topological polar surface area (TPSA) is 93.1 Å². The van der Waals surface area contributed by atoms with E-state index in [1.54, 1.807) is 0 Å². The van der Waals surface area contributed by atoms with E-state index >= 15 is 0 Å². The monoisotopic (exact) mass is 328 g/mol. The molecule has 0 amide bonds. The summed E-state index contributed by atoms with van der Waals surface area (Å²) in [6, 6.07) is 0. The summed E-state index contributed by atoms with van der Waals surface area (Å²) < 4.78 is 10.1. The first-order chi connectivity index (χ1) is 10.7. The summed E-state index contributed by atoms with van der Waals surface area (Å²) in [5.74, 6) is -3.70. The summed E-state index contributed by atoms with van der Waals surface area (Å²) in [6.07, 6.45) is 1.97. The highest BCUT2D eigenvalue weighted by molar-refractivity contribution is 5.88. The fraction of sp³-hybridized carbons (Fsp3) is 0.647. The standard InChI is InChI=1S/C17H28O6/c1-6-7-8-9-10-17(21,23-16(20)13(4)5)14(11-18)22-15(19)12(2)3/h14,18,21H,2,4,6-11H2,1,3,5H3. The molecule has 6 nitrogen and oxygen atoms in total. The first kappa shape index (κ1) is 21.3. The molecule has 0 aliphatic rings. The number of hydrogen-bond acceptors (Lipinski definition) is 6. The van der Waals surface area contributed by atoms with Crippen molar-refractivity contribution < 1.29 is 29.3 Å². The average Bonchev–Trinajstić information content (AvgIpc) is 2.48. The number of esters is 2. The number of rotatable bonds is 11. The molecule has 0 aromatic carbocycles. The number of carbonyl (C=O) groups excluding carboxylic acids is 2. The lowest BCUT2D eigenvalue weighted by Gasteiger charge is -2.34. The molecule has 0 rings (SSSR count). The Labute approximate surface area is 137 Å². The summed E-state index contributed by atoms with van der Waals surface area (Å²) in [5.41, 5.74) is 0.211. The summed E-state index contributed by atoms with van der Waals surface area (Å²) >= 11 is 0. The van der Waals surface area contributed by atoms with Crippen molar-refractivity contribution >= 4 is 11.9 Å². The van der Waals surface area contributed by atoms with E-state index < -0.39 is 30.4 Å². The van der Waals surface area contributed by atoms with Crippen LogP contribution in [-0.2, 0) is 19.1 Å². The zero-order chi connectivity index (χ0) is 18.0. The summed E-state index contributed by atoms with van der Waals surface area (Å²) in [6.45, 7) is 11.1. The maximum Gasteiger partial charge on any atom is 0.335 e. The first-order valence-corrected chi connectivity index (χ1v) is 7.76. The minimum atomic E-state index is -2.11. The molecule has 0 heterocycles. The molecule has 23 heavy (non-hydrogen) atoms. The second kappa shape index (κ2) is 10.2. The lowest BCUT2D eigenvalue weighted by atomic mass is 10.0. The lowest BCUT2D eigenvalue weighted by Crippen LogP contribution is -2.50. The number of ether oxygens (including phenoxy) is 2. The predicted octanol–water partition coefficient (Wildman–Crippen LogP) is 2.24. The average molecular weight is 328 g/mol. The quantitative estimate of drug-likeness (QED) is 0.261. The van der Waals surface area contributed by atoms with Gasteiger partial charge in [-0.05, 0) is 20.3 Å². The van der Waals surface area contributed by atoms with Gasteiger partial charge in [-0.1, -0.05) is 39.3 Å². The summed E-state index contributed by atoms with van der Waals surface area (Å²) in [7, 11) is 0. The van der Waals surface area contributed by atoms with Crippen molar-refractivity contribution in [2.75, 3.05) is 6.61 Å². The molecule has 2 unspecified atom stereocenters. The third-order valence-corrected chi connectivity index (χ3v) is 3.27. The minimum Gasteiger partial charge on any atom is -0.450 e. The molecular weight excluding hydrogens is 300 g/mol. The first-order valence-electron chi connectivity index (χ1n) is 7.76.